The van der Waals surface area contributed by atoms with Crippen LogP contribution in [-0.4, -0.2) is 47.2 Å². The van der Waals surface area contributed by atoms with Crippen LogP contribution in [-0.2, 0) is 11.3 Å². The smallest absolute Gasteiger partial charge is 0.321 e. The number of carbonyl (C=O) groups is 1. The maximum absolute atomic E-state index is 11.3. The van der Waals surface area contributed by atoms with Crippen LogP contribution >= 0.6 is 11.8 Å². The molecule has 0 radical (unpaired) electrons. The van der Waals surface area contributed by atoms with E-state index in [1.807, 2.05) is 11.0 Å². The first-order valence-electron chi connectivity index (χ1n) is 6.27. The van der Waals surface area contributed by atoms with Gasteiger partial charge in [-0.1, -0.05) is 6.07 Å². The Labute approximate surface area is 122 Å². The minimum atomic E-state index is -0.780. The molecule has 1 aromatic rings. The third-order valence-electron chi connectivity index (χ3n) is 3.30. The Morgan fingerprint density at radius 3 is 3.10 bits per heavy atom. The average Bonchev–Trinajstić information content (AvgIpc) is 2.47. The van der Waals surface area contributed by atoms with Gasteiger partial charge in [-0.2, -0.15) is 17.0 Å². The highest BCUT2D eigenvalue weighted by Crippen LogP contribution is 2.23. The van der Waals surface area contributed by atoms with Gasteiger partial charge in [0.25, 0.3) is 0 Å². The van der Waals surface area contributed by atoms with Crippen LogP contribution in [0.25, 0.3) is 0 Å². The summed E-state index contributed by atoms with van der Waals surface area (Å²) in [6.07, 6.45) is 0. The molecular formula is C14H16N2O3S. The minimum absolute atomic E-state index is 0.449. The van der Waals surface area contributed by atoms with Crippen LogP contribution in [0.2, 0.25) is 0 Å². The number of nitrogens with zero attached hydrogens (tertiary/aromatic N) is 2. The number of methoxy groups -OCH3 is 1. The molecule has 1 unspecified atom stereocenters. The largest absolute Gasteiger partial charge is 0.495 e. The van der Waals surface area contributed by atoms with Crippen LogP contribution in [0.1, 0.15) is 11.1 Å². The standard InChI is InChI=1S/C14H16N2O3S/c1-19-13-6-10(2-3-11(13)7-15)8-16-4-5-20-9-12(16)14(17)18/h2-3,6,12H,4-5,8-9H2,1H3,(H,17,18). The molecule has 1 saturated heterocycles. The summed E-state index contributed by atoms with van der Waals surface area (Å²) in [5, 5.41) is 18.2. The Balaban J connectivity index is 2.16. The van der Waals surface area contributed by atoms with Crippen LogP contribution in [0.3, 0.4) is 0 Å². The van der Waals surface area contributed by atoms with Gasteiger partial charge in [0, 0.05) is 24.6 Å². The first kappa shape index (κ1) is 14.7. The van der Waals surface area contributed by atoms with Gasteiger partial charge in [-0.15, -0.1) is 0 Å². The van der Waals surface area contributed by atoms with Crippen molar-refractivity contribution in [3.8, 4) is 11.8 Å². The SMILES string of the molecule is COc1cc(CN2CCSCC2C(=O)O)ccc1C#N. The molecule has 0 amide bonds. The molecule has 20 heavy (non-hydrogen) atoms. The summed E-state index contributed by atoms with van der Waals surface area (Å²) in [5.41, 5.74) is 1.44. The number of hydrogen-bond donors (Lipinski definition) is 1. The number of rotatable bonds is 4. The van der Waals surface area contributed by atoms with E-state index >= 15 is 0 Å². The highest BCUT2D eigenvalue weighted by Gasteiger charge is 2.28. The lowest BCUT2D eigenvalue weighted by Gasteiger charge is -2.32. The molecule has 0 aliphatic carbocycles. The van der Waals surface area contributed by atoms with E-state index in [9.17, 15) is 9.90 Å². The highest BCUT2D eigenvalue weighted by atomic mass is 32.2. The summed E-state index contributed by atoms with van der Waals surface area (Å²) in [6, 6.07) is 6.98. The third kappa shape index (κ3) is 3.24. The molecule has 1 aliphatic heterocycles. The second kappa shape index (κ2) is 6.64. The van der Waals surface area contributed by atoms with Crippen molar-refractivity contribution in [1.29, 1.82) is 5.26 Å². The predicted octanol–water partition coefficient (Wildman–Crippen LogP) is 1.57. The molecule has 0 aromatic heterocycles. The lowest BCUT2D eigenvalue weighted by atomic mass is 10.1. The second-order valence-electron chi connectivity index (χ2n) is 4.55. The molecule has 1 aromatic carbocycles. The van der Waals surface area contributed by atoms with Crippen molar-refractivity contribution in [1.82, 2.24) is 4.90 Å². The Bertz CT molecular complexity index is 542. The Hall–Kier alpha value is -1.71. The van der Waals surface area contributed by atoms with Gasteiger partial charge in [-0.05, 0) is 17.7 Å². The molecule has 2 rings (SSSR count). The van der Waals surface area contributed by atoms with E-state index < -0.39 is 12.0 Å². The van der Waals surface area contributed by atoms with Gasteiger partial charge in [-0.25, -0.2) is 0 Å². The van der Waals surface area contributed by atoms with Crippen molar-refractivity contribution in [2.24, 2.45) is 0 Å². The second-order valence-corrected chi connectivity index (χ2v) is 5.70. The lowest BCUT2D eigenvalue weighted by Crippen LogP contribution is -2.46. The Morgan fingerprint density at radius 2 is 2.45 bits per heavy atom. The van der Waals surface area contributed by atoms with Crippen molar-refractivity contribution in [3.63, 3.8) is 0 Å². The molecule has 1 aliphatic rings. The van der Waals surface area contributed by atoms with Crippen LogP contribution in [0, 0.1) is 11.3 Å². The van der Waals surface area contributed by atoms with Gasteiger partial charge in [-0.3, -0.25) is 9.69 Å². The first-order chi connectivity index (χ1) is 9.65. The topological polar surface area (TPSA) is 73.6 Å². The van der Waals surface area contributed by atoms with Crippen molar-refractivity contribution in [2.75, 3.05) is 25.2 Å². The molecule has 5 nitrogen and oxygen atoms in total. The molecule has 1 heterocycles. The molecule has 0 saturated carbocycles. The number of carboxylic acids is 1. The van der Waals surface area contributed by atoms with Gasteiger partial charge in [0.15, 0.2) is 0 Å². The number of ether oxygens (including phenoxy) is 1. The number of nitriles is 1. The maximum atomic E-state index is 11.3. The highest BCUT2D eigenvalue weighted by molar-refractivity contribution is 7.99. The summed E-state index contributed by atoms with van der Waals surface area (Å²) in [6.45, 7) is 1.31. The first-order valence-corrected chi connectivity index (χ1v) is 7.42. The van der Waals surface area contributed by atoms with Gasteiger partial charge in [0.05, 0.1) is 12.7 Å². The monoisotopic (exact) mass is 292 g/mol. The van der Waals surface area contributed by atoms with E-state index in [1.54, 1.807) is 23.9 Å². The van der Waals surface area contributed by atoms with Crippen LogP contribution in [0.5, 0.6) is 5.75 Å². The van der Waals surface area contributed by atoms with Gasteiger partial charge < -0.3 is 9.84 Å². The summed E-state index contributed by atoms with van der Waals surface area (Å²) >= 11 is 1.67. The fraction of sp³-hybridized carbons (Fsp3) is 0.429. The van der Waals surface area contributed by atoms with E-state index in [0.717, 1.165) is 17.9 Å². The van der Waals surface area contributed by atoms with Crippen LogP contribution in [0.15, 0.2) is 18.2 Å². The fourth-order valence-corrected chi connectivity index (χ4v) is 3.32. The molecular weight excluding hydrogens is 276 g/mol. The van der Waals surface area contributed by atoms with Gasteiger partial charge >= 0.3 is 5.97 Å². The number of aliphatic carboxylic acids is 1. The molecule has 0 spiro atoms. The summed E-state index contributed by atoms with van der Waals surface area (Å²) < 4.78 is 5.18. The molecule has 6 heteroatoms. The van der Waals surface area contributed by atoms with E-state index in [4.69, 9.17) is 10.00 Å². The lowest BCUT2D eigenvalue weighted by molar-refractivity contribution is -0.142. The zero-order chi connectivity index (χ0) is 14.5. The summed E-state index contributed by atoms with van der Waals surface area (Å²) in [5.74, 6) is 1.31. The van der Waals surface area contributed by atoms with E-state index in [-0.39, 0.29) is 0 Å². The van der Waals surface area contributed by atoms with Gasteiger partial charge in [0.2, 0.25) is 0 Å². The summed E-state index contributed by atoms with van der Waals surface area (Å²) in [7, 11) is 1.53. The van der Waals surface area contributed by atoms with Crippen LogP contribution < -0.4 is 4.74 Å². The number of thioether (sulfide) groups is 1. The Morgan fingerprint density at radius 1 is 1.65 bits per heavy atom. The average molecular weight is 292 g/mol. The van der Waals surface area contributed by atoms with Crippen molar-refractivity contribution < 1.29 is 14.6 Å². The zero-order valence-corrected chi connectivity index (χ0v) is 12.0. The number of carboxylic acid groups (broad SMARTS) is 1. The van der Waals surface area contributed by atoms with Crippen molar-refractivity contribution in [2.45, 2.75) is 12.6 Å². The van der Waals surface area contributed by atoms with E-state index in [2.05, 4.69) is 6.07 Å². The minimum Gasteiger partial charge on any atom is -0.495 e. The molecule has 1 fully saturated rings. The normalized spacial score (nSPS) is 19.3. The quantitative estimate of drug-likeness (QED) is 0.908. The zero-order valence-electron chi connectivity index (χ0n) is 11.2. The Kier molecular flexibility index (Phi) is 4.88. The van der Waals surface area contributed by atoms with Crippen LogP contribution in [0.4, 0.5) is 0 Å². The van der Waals surface area contributed by atoms with E-state index in [1.165, 1.54) is 7.11 Å². The number of benzene rings is 1. The van der Waals surface area contributed by atoms with Crippen molar-refractivity contribution in [3.05, 3.63) is 29.3 Å². The molecule has 0 bridgehead atoms. The maximum Gasteiger partial charge on any atom is 0.321 e. The number of hydrogen-bond acceptors (Lipinski definition) is 5. The predicted molar refractivity (Wildman–Crippen MR) is 76.9 cm³/mol. The van der Waals surface area contributed by atoms with Crippen molar-refractivity contribution >= 4 is 17.7 Å². The summed E-state index contributed by atoms with van der Waals surface area (Å²) in [4.78, 5) is 13.2. The molecule has 1 atom stereocenters. The molecule has 1 N–H and O–H groups in total. The van der Waals surface area contributed by atoms with E-state index in [0.29, 0.717) is 23.6 Å². The third-order valence-corrected chi connectivity index (χ3v) is 4.32. The fourth-order valence-electron chi connectivity index (χ4n) is 2.22. The molecule has 106 valence electrons. The van der Waals surface area contributed by atoms with Gasteiger partial charge in [0.1, 0.15) is 17.9 Å².